The third-order valence-electron chi connectivity index (χ3n) is 6.19. The molecule has 1 fully saturated rings. The van der Waals surface area contributed by atoms with Crippen LogP contribution in [-0.2, 0) is 31.6 Å². The molecule has 2 aromatic carbocycles. The van der Waals surface area contributed by atoms with Crippen molar-refractivity contribution in [2.45, 2.75) is 31.5 Å². The molecule has 3 aromatic rings. The van der Waals surface area contributed by atoms with Gasteiger partial charge in [0, 0.05) is 11.8 Å². The van der Waals surface area contributed by atoms with Gasteiger partial charge in [0.1, 0.15) is 29.6 Å². The smallest absolute Gasteiger partial charge is 0.488 e. The fourth-order valence-electron chi connectivity index (χ4n) is 3.93. The summed E-state index contributed by atoms with van der Waals surface area (Å²) in [6, 6.07) is 11.6. The average Bonchev–Trinajstić information content (AvgIpc) is 3.24. The number of ether oxygens (including phenoxy) is 2. The maximum Gasteiger partial charge on any atom is 0.488 e. The van der Waals surface area contributed by atoms with Crippen LogP contribution in [0.3, 0.4) is 0 Å². The van der Waals surface area contributed by atoms with Crippen LogP contribution in [0.25, 0.3) is 0 Å². The maximum absolute atomic E-state index is 12.5. The van der Waals surface area contributed by atoms with Gasteiger partial charge in [-0.15, -0.1) is 0 Å². The second kappa shape index (κ2) is 13.7. The van der Waals surface area contributed by atoms with E-state index >= 15 is 0 Å². The number of phosphoric ester groups is 1. The summed E-state index contributed by atoms with van der Waals surface area (Å²) in [5, 5.41) is 20.5. The largest absolute Gasteiger partial charge is 0.497 e. The van der Waals surface area contributed by atoms with E-state index < -0.39 is 70.9 Å². The third-order valence-corrected chi connectivity index (χ3v) is 11.0. The fraction of sp³-hybridized carbons (Fsp3) is 0.280. The van der Waals surface area contributed by atoms with Crippen LogP contribution in [-0.4, -0.2) is 66.5 Å². The van der Waals surface area contributed by atoms with Crippen molar-refractivity contribution in [3.8, 4) is 17.6 Å². The number of aryl methyl sites for hydroxylation is 1. The molecular formula is C25H27N2O15P3. The molecule has 1 aromatic heterocycles. The molecule has 1 aliphatic heterocycles. The van der Waals surface area contributed by atoms with Crippen LogP contribution >= 0.6 is 23.2 Å². The zero-order chi connectivity index (χ0) is 33.2. The predicted octanol–water partition coefficient (Wildman–Crippen LogP) is 0.634. The van der Waals surface area contributed by atoms with Crippen LogP contribution in [0.4, 0.5) is 0 Å². The highest BCUT2D eigenvalue weighted by Crippen LogP contribution is 2.67. The first-order valence-corrected chi connectivity index (χ1v) is 17.2. The Balaban J connectivity index is 1.43. The van der Waals surface area contributed by atoms with Crippen molar-refractivity contribution < 1.29 is 61.2 Å². The number of aromatic amines is 1. The highest BCUT2D eigenvalue weighted by molar-refractivity contribution is 7.71. The van der Waals surface area contributed by atoms with Crippen LogP contribution in [0.2, 0.25) is 0 Å². The van der Waals surface area contributed by atoms with Gasteiger partial charge in [-0.3, -0.25) is 23.4 Å². The summed E-state index contributed by atoms with van der Waals surface area (Å²) in [5.41, 5.74) is -0.517. The van der Waals surface area contributed by atoms with Gasteiger partial charge in [-0.2, -0.15) is 4.31 Å². The minimum Gasteiger partial charge on any atom is -0.497 e. The highest BCUT2D eigenvalue weighted by Gasteiger charge is 2.47. The van der Waals surface area contributed by atoms with Crippen molar-refractivity contribution in [2.24, 2.45) is 0 Å². The molecule has 0 radical (unpaired) electrons. The number of nitrogens with one attached hydrogen (secondary N) is 1. The molecule has 2 heterocycles. The molecule has 20 heteroatoms. The summed E-state index contributed by atoms with van der Waals surface area (Å²) in [6.45, 7) is 0.819. The molecule has 45 heavy (non-hydrogen) atoms. The minimum absolute atomic E-state index is 0.192. The van der Waals surface area contributed by atoms with E-state index in [9.17, 15) is 48.2 Å². The van der Waals surface area contributed by atoms with Gasteiger partial charge in [-0.05, 0) is 43.3 Å². The Hall–Kier alpha value is -3.19. The van der Waals surface area contributed by atoms with Gasteiger partial charge in [0.15, 0.2) is 6.23 Å². The molecule has 1 aliphatic rings. The molecule has 0 amide bonds. The number of benzene rings is 2. The quantitative estimate of drug-likeness (QED) is 0.126. The number of rotatable bonds is 10. The molecule has 1 saturated heterocycles. The van der Waals surface area contributed by atoms with Crippen LogP contribution in [0, 0.1) is 18.8 Å². The molecule has 7 atom stereocenters. The van der Waals surface area contributed by atoms with E-state index in [0.29, 0.717) is 5.56 Å². The van der Waals surface area contributed by atoms with Crippen molar-refractivity contribution in [3.63, 3.8) is 0 Å². The molecule has 0 aliphatic carbocycles. The number of phosphoric acid groups is 2. The zero-order valence-corrected chi connectivity index (χ0v) is 26.0. The number of H-pyrrole nitrogens is 1. The second-order valence-corrected chi connectivity index (χ2v) is 14.5. The number of aliphatic hydroxyl groups excluding tert-OH is 2. The monoisotopic (exact) mass is 688 g/mol. The Morgan fingerprint density at radius 3 is 2.18 bits per heavy atom. The number of methoxy groups -OCH3 is 1. The predicted molar refractivity (Wildman–Crippen MR) is 155 cm³/mol. The lowest BCUT2D eigenvalue weighted by molar-refractivity contribution is -0.0542. The van der Waals surface area contributed by atoms with Gasteiger partial charge in [-0.25, -0.2) is 18.2 Å². The lowest BCUT2D eigenvalue weighted by Gasteiger charge is -2.20. The molecule has 0 spiro atoms. The Morgan fingerprint density at radius 2 is 1.56 bits per heavy atom. The summed E-state index contributed by atoms with van der Waals surface area (Å²) in [7, 11) is -15.0. The summed E-state index contributed by atoms with van der Waals surface area (Å²) < 4.78 is 61.1. The standard InChI is InChI=1S/C25H27N2O15P3/c1-15-3-5-16(6-4-15)7-8-17-13-27(25(31)26-23(17)30)24-22(29)21(28)20(40-24)14-39-44(34,35)42-45(36,37)41-43(32,33)19-11-9-18(38-2)10-12-19/h3-6,9-13,20-22,24,28-29H,14H2,1-2H3,(H,32,33)(H,34,35)(H,36,37)(H,26,30,31)/t20-,21?,22+,24-/m1/s1. The minimum atomic E-state index is -5.74. The molecule has 242 valence electrons. The molecule has 0 saturated carbocycles. The van der Waals surface area contributed by atoms with Gasteiger partial charge in [-0.1, -0.05) is 29.5 Å². The molecular weight excluding hydrogens is 661 g/mol. The van der Waals surface area contributed by atoms with Crippen molar-refractivity contribution in [1.29, 1.82) is 0 Å². The molecule has 0 bridgehead atoms. The van der Waals surface area contributed by atoms with E-state index in [-0.39, 0.29) is 11.3 Å². The lowest BCUT2D eigenvalue weighted by atomic mass is 10.1. The summed E-state index contributed by atoms with van der Waals surface area (Å²) in [6.07, 6.45) is -5.97. The van der Waals surface area contributed by atoms with Gasteiger partial charge in [0.25, 0.3) is 5.56 Å². The van der Waals surface area contributed by atoms with E-state index in [1.54, 1.807) is 24.3 Å². The Bertz CT molecular complexity index is 1860. The topological polar surface area (TPSA) is 253 Å². The van der Waals surface area contributed by atoms with Gasteiger partial charge in [0.05, 0.1) is 19.0 Å². The lowest BCUT2D eigenvalue weighted by Crippen LogP contribution is -2.38. The van der Waals surface area contributed by atoms with E-state index in [1.807, 2.05) is 11.9 Å². The number of nitrogens with zero attached hydrogens (tertiary/aromatic N) is 1. The summed E-state index contributed by atoms with van der Waals surface area (Å²) in [4.78, 5) is 56.7. The second-order valence-electron chi connectivity index (χ2n) is 9.49. The first-order valence-electron chi connectivity index (χ1n) is 12.7. The van der Waals surface area contributed by atoms with Gasteiger partial charge >= 0.3 is 28.9 Å². The molecule has 17 nitrogen and oxygen atoms in total. The van der Waals surface area contributed by atoms with E-state index in [1.165, 1.54) is 19.2 Å². The van der Waals surface area contributed by atoms with Gasteiger partial charge < -0.3 is 34.4 Å². The van der Waals surface area contributed by atoms with Crippen molar-refractivity contribution in [1.82, 2.24) is 9.55 Å². The zero-order valence-electron chi connectivity index (χ0n) is 23.3. The van der Waals surface area contributed by atoms with Crippen LogP contribution < -0.4 is 21.3 Å². The molecule has 6 N–H and O–H groups in total. The summed E-state index contributed by atoms with van der Waals surface area (Å²) >= 11 is 0. The van der Waals surface area contributed by atoms with E-state index in [0.717, 1.165) is 28.5 Å². The van der Waals surface area contributed by atoms with Crippen LogP contribution in [0.15, 0.2) is 64.3 Å². The number of hydrogen-bond donors (Lipinski definition) is 6. The van der Waals surface area contributed by atoms with Gasteiger partial charge in [0.2, 0.25) is 0 Å². The first-order chi connectivity index (χ1) is 21.0. The number of hydrogen-bond acceptors (Lipinski definition) is 12. The van der Waals surface area contributed by atoms with Crippen LogP contribution in [0.1, 0.15) is 22.9 Å². The Labute approximate surface area is 254 Å². The third kappa shape index (κ3) is 8.75. The molecule has 4 unspecified atom stereocenters. The normalized spacial score (nSPS) is 23.6. The van der Waals surface area contributed by atoms with Crippen molar-refractivity contribution >= 4 is 28.5 Å². The van der Waals surface area contributed by atoms with Crippen LogP contribution in [0.5, 0.6) is 5.75 Å². The SMILES string of the molecule is COc1ccc(P(=O)(O)OP(=O)(O)OP(=O)(O)OC[C@H]2O[C@@H](n3cc(C#Cc4ccc(C)cc4)c(=O)[nH]c3=O)[C@@H](O)C2O)cc1. The summed E-state index contributed by atoms with van der Waals surface area (Å²) in [5.74, 6) is 5.65. The first kappa shape index (κ1) is 34.7. The van der Waals surface area contributed by atoms with Crippen molar-refractivity contribution in [3.05, 3.63) is 92.3 Å². The fourth-order valence-corrected chi connectivity index (χ4v) is 7.91. The molecule has 4 rings (SSSR count). The Kier molecular flexibility index (Phi) is 10.5. The number of aromatic nitrogens is 2. The average molecular weight is 688 g/mol. The maximum atomic E-state index is 12.5. The number of aliphatic hydroxyl groups is 2. The van der Waals surface area contributed by atoms with E-state index in [2.05, 4.69) is 25.0 Å². The van der Waals surface area contributed by atoms with Crippen molar-refractivity contribution in [2.75, 3.05) is 13.7 Å². The van der Waals surface area contributed by atoms with E-state index in [4.69, 9.17) is 9.47 Å². The Morgan fingerprint density at radius 1 is 0.911 bits per heavy atom. The highest BCUT2D eigenvalue weighted by atomic mass is 31.3.